The molecule has 0 saturated carbocycles. The number of rotatable bonds is 4. The molecule has 118 valence electrons. The van der Waals surface area contributed by atoms with Gasteiger partial charge in [-0.05, 0) is 50.3 Å². The van der Waals surface area contributed by atoms with Gasteiger partial charge in [0.2, 0.25) is 0 Å². The minimum Gasteiger partial charge on any atom is -0.397 e. The van der Waals surface area contributed by atoms with Crippen LogP contribution in [-0.2, 0) is 0 Å². The van der Waals surface area contributed by atoms with E-state index in [1.807, 2.05) is 33.1 Å². The van der Waals surface area contributed by atoms with Crippen molar-refractivity contribution in [2.45, 2.75) is 20.8 Å². The molecule has 0 bridgehead atoms. The monoisotopic (exact) mass is 317 g/mol. The fourth-order valence-electron chi connectivity index (χ4n) is 1.58. The molecule has 22 heavy (non-hydrogen) atoms. The number of thioether (sulfide) groups is 1. The molecule has 0 amide bonds. The molecule has 0 aliphatic carbocycles. The van der Waals surface area contributed by atoms with Gasteiger partial charge in [0.15, 0.2) is 5.17 Å². The standard InChI is InChI=1S/C16H23N5S/c1-6-19-9-11(3)12(4)20-16(22-5)21-15-8-14(18)13(17)7-10(15)2/h6-9H,4,17-18H2,1-3,5H3,(H,20,21)/b11-9+,19-6?. The predicted molar refractivity (Wildman–Crippen MR) is 101 cm³/mol. The molecule has 0 fully saturated rings. The SMILES string of the molecule is C=C(NC(=Nc1cc(N)c(N)cc1C)SC)/C(C)=C/N=CC. The maximum absolute atomic E-state index is 5.85. The van der Waals surface area contributed by atoms with E-state index in [1.165, 1.54) is 11.8 Å². The quantitative estimate of drug-likeness (QED) is 0.342. The second-order valence-corrected chi connectivity index (χ2v) is 5.51. The average molecular weight is 317 g/mol. The van der Waals surface area contributed by atoms with E-state index in [1.54, 1.807) is 18.5 Å². The van der Waals surface area contributed by atoms with Crippen molar-refractivity contribution < 1.29 is 0 Å². The van der Waals surface area contributed by atoms with Crippen LogP contribution in [0.5, 0.6) is 0 Å². The topological polar surface area (TPSA) is 88.8 Å². The highest BCUT2D eigenvalue weighted by atomic mass is 32.2. The van der Waals surface area contributed by atoms with Gasteiger partial charge in [0, 0.05) is 18.1 Å². The Hall–Kier alpha value is -2.21. The van der Waals surface area contributed by atoms with Crippen LogP contribution < -0.4 is 16.8 Å². The number of nitrogens with zero attached hydrogens (tertiary/aromatic N) is 2. The maximum atomic E-state index is 5.85. The number of hydrogen-bond donors (Lipinski definition) is 3. The summed E-state index contributed by atoms with van der Waals surface area (Å²) in [6.45, 7) is 9.75. The molecule has 0 aromatic heterocycles. The van der Waals surface area contributed by atoms with Crippen LogP contribution in [0.15, 0.2) is 46.2 Å². The highest BCUT2D eigenvalue weighted by Gasteiger charge is 2.06. The minimum absolute atomic E-state index is 0.525. The largest absolute Gasteiger partial charge is 0.397 e. The van der Waals surface area contributed by atoms with Crippen molar-refractivity contribution in [3.8, 4) is 0 Å². The Morgan fingerprint density at radius 2 is 1.95 bits per heavy atom. The normalized spacial score (nSPS) is 12.7. The molecule has 0 aliphatic heterocycles. The van der Waals surface area contributed by atoms with Crippen LogP contribution in [-0.4, -0.2) is 17.6 Å². The fraction of sp³-hybridized carbons (Fsp3) is 0.250. The molecule has 0 heterocycles. The number of amidine groups is 1. The van der Waals surface area contributed by atoms with Crippen LogP contribution in [0.3, 0.4) is 0 Å². The van der Waals surface area contributed by atoms with Gasteiger partial charge >= 0.3 is 0 Å². The zero-order valence-corrected chi connectivity index (χ0v) is 14.3. The van der Waals surface area contributed by atoms with E-state index in [-0.39, 0.29) is 0 Å². The van der Waals surface area contributed by atoms with Gasteiger partial charge in [-0.3, -0.25) is 4.99 Å². The summed E-state index contributed by atoms with van der Waals surface area (Å²) in [5, 5.41) is 3.92. The summed E-state index contributed by atoms with van der Waals surface area (Å²) in [6, 6.07) is 3.59. The molecule has 5 nitrogen and oxygen atoms in total. The van der Waals surface area contributed by atoms with Crippen molar-refractivity contribution >= 4 is 40.2 Å². The van der Waals surface area contributed by atoms with Crippen LogP contribution in [0.1, 0.15) is 19.4 Å². The smallest absolute Gasteiger partial charge is 0.165 e. The lowest BCUT2D eigenvalue weighted by molar-refractivity contribution is 1.14. The first-order chi connectivity index (χ1) is 10.4. The van der Waals surface area contributed by atoms with E-state index in [4.69, 9.17) is 11.5 Å². The molecule has 0 aliphatic rings. The highest BCUT2D eigenvalue weighted by Crippen LogP contribution is 2.27. The molecular formula is C16H23N5S. The van der Waals surface area contributed by atoms with Gasteiger partial charge in [-0.15, -0.1) is 0 Å². The number of aryl methyl sites for hydroxylation is 1. The third kappa shape index (κ3) is 4.96. The third-order valence-electron chi connectivity index (χ3n) is 2.97. The molecule has 5 N–H and O–H groups in total. The molecular weight excluding hydrogens is 294 g/mol. The average Bonchev–Trinajstić information content (AvgIpc) is 2.49. The molecule has 6 heteroatoms. The third-order valence-corrected chi connectivity index (χ3v) is 3.55. The zero-order chi connectivity index (χ0) is 16.7. The number of nitrogens with two attached hydrogens (primary N) is 2. The Labute approximate surface area is 136 Å². The van der Waals surface area contributed by atoms with Crippen LogP contribution in [0, 0.1) is 6.92 Å². The molecule has 0 atom stereocenters. The van der Waals surface area contributed by atoms with Gasteiger partial charge in [0.25, 0.3) is 0 Å². The first-order valence-corrected chi connectivity index (χ1v) is 8.00. The zero-order valence-electron chi connectivity index (χ0n) is 13.5. The number of nitrogen functional groups attached to an aromatic ring is 2. The van der Waals surface area contributed by atoms with E-state index in [0.717, 1.165) is 27.7 Å². The van der Waals surface area contributed by atoms with Crippen molar-refractivity contribution in [3.63, 3.8) is 0 Å². The van der Waals surface area contributed by atoms with Crippen LogP contribution in [0.2, 0.25) is 0 Å². The van der Waals surface area contributed by atoms with Gasteiger partial charge in [-0.2, -0.15) is 0 Å². The lowest BCUT2D eigenvalue weighted by Gasteiger charge is -2.12. The van der Waals surface area contributed by atoms with Crippen LogP contribution in [0.4, 0.5) is 17.1 Å². The van der Waals surface area contributed by atoms with Crippen molar-refractivity contribution in [2.75, 3.05) is 17.7 Å². The number of aliphatic imine (C=N–C) groups is 2. The van der Waals surface area contributed by atoms with Crippen molar-refractivity contribution in [1.82, 2.24) is 5.32 Å². The first kappa shape index (κ1) is 17.8. The Morgan fingerprint density at radius 1 is 1.32 bits per heavy atom. The lowest BCUT2D eigenvalue weighted by atomic mass is 10.1. The number of hydrogen-bond acceptors (Lipinski definition) is 5. The molecule has 0 spiro atoms. The molecule has 1 aromatic carbocycles. The molecule has 1 aromatic rings. The summed E-state index contributed by atoms with van der Waals surface area (Å²) in [4.78, 5) is 8.67. The summed E-state index contributed by atoms with van der Waals surface area (Å²) in [5.74, 6) is 0. The van der Waals surface area contributed by atoms with E-state index < -0.39 is 0 Å². The predicted octanol–water partition coefficient (Wildman–Crippen LogP) is 3.61. The maximum Gasteiger partial charge on any atom is 0.165 e. The fourth-order valence-corrected chi connectivity index (χ4v) is 2.00. The van der Waals surface area contributed by atoms with E-state index in [0.29, 0.717) is 11.4 Å². The Balaban J connectivity index is 3.02. The van der Waals surface area contributed by atoms with Crippen molar-refractivity contribution in [1.29, 1.82) is 0 Å². The molecule has 0 saturated heterocycles. The number of benzene rings is 1. The van der Waals surface area contributed by atoms with Crippen LogP contribution >= 0.6 is 11.8 Å². The number of allylic oxidation sites excluding steroid dienone is 1. The minimum atomic E-state index is 0.525. The molecule has 0 unspecified atom stereocenters. The number of nitrogens with one attached hydrogen (secondary N) is 1. The van der Waals surface area contributed by atoms with Gasteiger partial charge in [-0.25, -0.2) is 4.99 Å². The lowest BCUT2D eigenvalue weighted by Crippen LogP contribution is -2.19. The molecule has 1 rings (SSSR count). The van der Waals surface area contributed by atoms with Crippen molar-refractivity contribution in [2.24, 2.45) is 9.98 Å². The van der Waals surface area contributed by atoms with E-state index >= 15 is 0 Å². The number of anilines is 2. The second kappa shape index (κ2) is 8.29. The van der Waals surface area contributed by atoms with Gasteiger partial charge < -0.3 is 16.8 Å². The van der Waals surface area contributed by atoms with Gasteiger partial charge in [0.05, 0.1) is 17.1 Å². The van der Waals surface area contributed by atoms with Gasteiger partial charge in [-0.1, -0.05) is 18.3 Å². The summed E-state index contributed by atoms with van der Waals surface area (Å²) in [6.07, 6.45) is 5.42. The summed E-state index contributed by atoms with van der Waals surface area (Å²) < 4.78 is 0. The Kier molecular flexibility index (Phi) is 6.72. The Bertz CT molecular complexity index is 644. The Morgan fingerprint density at radius 3 is 2.55 bits per heavy atom. The molecule has 0 radical (unpaired) electrons. The van der Waals surface area contributed by atoms with Gasteiger partial charge in [0.1, 0.15) is 0 Å². The highest BCUT2D eigenvalue weighted by molar-refractivity contribution is 8.13. The first-order valence-electron chi connectivity index (χ1n) is 6.78. The van der Waals surface area contributed by atoms with Crippen molar-refractivity contribution in [3.05, 3.63) is 41.7 Å². The summed E-state index contributed by atoms with van der Waals surface area (Å²) in [7, 11) is 0. The van der Waals surface area contributed by atoms with Crippen LogP contribution in [0.25, 0.3) is 0 Å². The van der Waals surface area contributed by atoms with E-state index in [2.05, 4.69) is 21.9 Å². The summed E-state index contributed by atoms with van der Waals surface area (Å²) in [5.41, 5.74) is 16.2. The van der Waals surface area contributed by atoms with E-state index in [9.17, 15) is 0 Å². The summed E-state index contributed by atoms with van der Waals surface area (Å²) >= 11 is 1.49. The second-order valence-electron chi connectivity index (χ2n) is 4.71.